The Balaban J connectivity index is 3.06. The number of esters is 1. The highest BCUT2D eigenvalue weighted by Gasteiger charge is 2.15. The highest BCUT2D eigenvalue weighted by molar-refractivity contribution is 6.39. The number of nitriles is 1. The Hall–Kier alpha value is -2.30. The van der Waals surface area contributed by atoms with Gasteiger partial charge in [0.05, 0.1) is 27.3 Å². The Morgan fingerprint density at radius 2 is 2.10 bits per heavy atom. The Kier molecular flexibility index (Phi) is 5.96. The van der Waals surface area contributed by atoms with Crippen molar-refractivity contribution in [3.05, 3.63) is 44.1 Å². The van der Waals surface area contributed by atoms with E-state index < -0.39 is 10.9 Å². The molecule has 0 fully saturated rings. The fourth-order valence-corrected chi connectivity index (χ4v) is 1.88. The van der Waals surface area contributed by atoms with Crippen molar-refractivity contribution in [2.24, 2.45) is 0 Å². The first-order chi connectivity index (χ1) is 9.90. The van der Waals surface area contributed by atoms with Crippen LogP contribution in [0.3, 0.4) is 0 Å². The minimum Gasteiger partial charge on any atom is -0.462 e. The van der Waals surface area contributed by atoms with Gasteiger partial charge in [-0.25, -0.2) is 4.79 Å². The zero-order valence-corrected chi connectivity index (χ0v) is 12.2. The third kappa shape index (κ3) is 4.34. The van der Waals surface area contributed by atoms with E-state index in [9.17, 15) is 14.9 Å². The average Bonchev–Trinajstić information content (AvgIpc) is 2.41. The van der Waals surface area contributed by atoms with Gasteiger partial charge in [0.1, 0.15) is 6.07 Å². The Bertz CT molecular complexity index is 629. The second-order valence-corrected chi connectivity index (χ2v) is 4.39. The second-order valence-electron chi connectivity index (χ2n) is 3.58. The molecule has 0 bridgehead atoms. The predicted molar refractivity (Wildman–Crippen MR) is 77.1 cm³/mol. The molecule has 0 aliphatic carbocycles. The molecule has 1 rings (SSSR count). The van der Waals surface area contributed by atoms with Crippen LogP contribution in [0.1, 0.15) is 6.92 Å². The number of ether oxygens (including phenoxy) is 1. The number of nitrogens with one attached hydrogen (secondary N) is 1. The third-order valence-corrected chi connectivity index (χ3v) is 2.81. The number of anilines is 1. The summed E-state index contributed by atoms with van der Waals surface area (Å²) in [6.45, 7) is 1.72. The fraction of sp³-hybridized carbons (Fsp3) is 0.167. The Morgan fingerprint density at radius 1 is 1.52 bits per heavy atom. The summed E-state index contributed by atoms with van der Waals surface area (Å²) in [5, 5.41) is 22.0. The first kappa shape index (κ1) is 16.8. The van der Waals surface area contributed by atoms with Gasteiger partial charge in [-0.2, -0.15) is 5.26 Å². The first-order valence-electron chi connectivity index (χ1n) is 5.58. The molecule has 1 aromatic carbocycles. The van der Waals surface area contributed by atoms with E-state index >= 15 is 0 Å². The maximum absolute atomic E-state index is 11.4. The van der Waals surface area contributed by atoms with E-state index in [2.05, 4.69) is 10.1 Å². The highest BCUT2D eigenvalue weighted by Crippen LogP contribution is 2.34. The van der Waals surface area contributed by atoms with Gasteiger partial charge in [-0.15, -0.1) is 0 Å². The van der Waals surface area contributed by atoms with E-state index in [-0.39, 0.29) is 33.6 Å². The number of carbonyl (C=O) groups is 1. The summed E-state index contributed by atoms with van der Waals surface area (Å²) in [4.78, 5) is 21.4. The third-order valence-electron chi connectivity index (χ3n) is 2.21. The van der Waals surface area contributed by atoms with Crippen molar-refractivity contribution in [1.82, 2.24) is 0 Å². The summed E-state index contributed by atoms with van der Waals surface area (Å²) in [5.41, 5.74) is -0.422. The van der Waals surface area contributed by atoms with Crippen molar-refractivity contribution in [1.29, 1.82) is 5.26 Å². The number of benzene rings is 1. The molecule has 0 radical (unpaired) electrons. The van der Waals surface area contributed by atoms with Crippen LogP contribution in [0.2, 0.25) is 10.0 Å². The molecule has 0 aliphatic rings. The molecular formula is C12H9Cl2N3O4. The van der Waals surface area contributed by atoms with Gasteiger partial charge in [-0.1, -0.05) is 23.2 Å². The minimum atomic E-state index is -0.804. The van der Waals surface area contributed by atoms with Gasteiger partial charge in [0, 0.05) is 18.3 Å². The topological polar surface area (TPSA) is 105 Å². The maximum atomic E-state index is 11.4. The monoisotopic (exact) mass is 329 g/mol. The van der Waals surface area contributed by atoms with Crippen molar-refractivity contribution in [3.8, 4) is 6.07 Å². The predicted octanol–water partition coefficient (Wildman–Crippen LogP) is 3.28. The van der Waals surface area contributed by atoms with Crippen molar-refractivity contribution < 1.29 is 14.5 Å². The molecule has 7 nitrogen and oxygen atoms in total. The molecule has 1 N–H and O–H groups in total. The molecule has 0 amide bonds. The Labute approximate surface area is 129 Å². The van der Waals surface area contributed by atoms with Crippen LogP contribution < -0.4 is 5.32 Å². The standard InChI is InChI=1S/C12H9Cl2N3O4/c1-2-21-12(18)7(5-15)6-16-11-9(13)3-8(17(19)20)4-10(11)14/h3-4,6,16H,2H2,1H3/b7-6+. The van der Waals surface area contributed by atoms with Gasteiger partial charge < -0.3 is 10.1 Å². The molecule has 0 spiro atoms. The summed E-state index contributed by atoms with van der Waals surface area (Å²) in [6, 6.07) is 3.85. The van der Waals surface area contributed by atoms with Gasteiger partial charge in [0.25, 0.3) is 5.69 Å². The first-order valence-corrected chi connectivity index (χ1v) is 6.33. The molecular weight excluding hydrogens is 321 g/mol. The normalized spacial score (nSPS) is 10.7. The molecule has 110 valence electrons. The van der Waals surface area contributed by atoms with Crippen molar-refractivity contribution in [3.63, 3.8) is 0 Å². The largest absolute Gasteiger partial charge is 0.462 e. The lowest BCUT2D eigenvalue weighted by Gasteiger charge is -2.07. The number of hydrogen-bond donors (Lipinski definition) is 1. The van der Waals surface area contributed by atoms with E-state index in [0.717, 1.165) is 18.3 Å². The number of non-ortho nitro benzene ring substituents is 1. The van der Waals surface area contributed by atoms with Crippen molar-refractivity contribution >= 4 is 40.5 Å². The van der Waals surface area contributed by atoms with Gasteiger partial charge >= 0.3 is 5.97 Å². The molecule has 21 heavy (non-hydrogen) atoms. The van der Waals surface area contributed by atoms with Crippen LogP contribution in [-0.2, 0) is 9.53 Å². The molecule has 0 atom stereocenters. The van der Waals surface area contributed by atoms with Crippen LogP contribution in [0.15, 0.2) is 23.9 Å². The van der Waals surface area contributed by atoms with Gasteiger partial charge in [-0.3, -0.25) is 10.1 Å². The fourth-order valence-electron chi connectivity index (χ4n) is 1.29. The molecule has 9 heteroatoms. The highest BCUT2D eigenvalue weighted by atomic mass is 35.5. The SMILES string of the molecule is CCOC(=O)/C(C#N)=C/Nc1c(Cl)cc([N+](=O)[O-])cc1Cl. The zero-order chi connectivity index (χ0) is 16.0. The number of nitrogens with zero attached hydrogens (tertiary/aromatic N) is 2. The minimum absolute atomic E-state index is 0.0217. The van der Waals surface area contributed by atoms with Crippen LogP contribution in [0.5, 0.6) is 0 Å². The molecule has 0 saturated heterocycles. The number of rotatable bonds is 5. The molecule has 0 aromatic heterocycles. The molecule has 0 unspecified atom stereocenters. The van der Waals surface area contributed by atoms with E-state index in [4.69, 9.17) is 28.5 Å². The summed E-state index contributed by atoms with van der Waals surface area (Å²) in [6.07, 6.45) is 1.07. The second kappa shape index (κ2) is 7.47. The number of carbonyl (C=O) groups excluding carboxylic acids is 1. The smallest absolute Gasteiger partial charge is 0.350 e. The van der Waals surface area contributed by atoms with Gasteiger partial charge in [0.15, 0.2) is 5.57 Å². The van der Waals surface area contributed by atoms with Crippen LogP contribution in [0.4, 0.5) is 11.4 Å². The van der Waals surface area contributed by atoms with Crippen LogP contribution in [0.25, 0.3) is 0 Å². The summed E-state index contributed by atoms with van der Waals surface area (Å²) in [5.74, 6) is -0.804. The molecule has 0 heterocycles. The van der Waals surface area contributed by atoms with Crippen LogP contribution in [0, 0.1) is 21.4 Å². The number of hydrogen-bond acceptors (Lipinski definition) is 6. The van der Waals surface area contributed by atoms with Crippen molar-refractivity contribution in [2.45, 2.75) is 6.92 Å². The van der Waals surface area contributed by atoms with Crippen LogP contribution in [-0.4, -0.2) is 17.5 Å². The summed E-state index contributed by atoms with van der Waals surface area (Å²) in [7, 11) is 0. The van der Waals surface area contributed by atoms with E-state index in [0.29, 0.717) is 0 Å². The van der Waals surface area contributed by atoms with Gasteiger partial charge in [0.2, 0.25) is 0 Å². The summed E-state index contributed by atoms with van der Waals surface area (Å²) >= 11 is 11.7. The van der Waals surface area contributed by atoms with Crippen LogP contribution >= 0.6 is 23.2 Å². The number of nitro groups is 1. The maximum Gasteiger partial charge on any atom is 0.350 e. The molecule has 0 saturated carbocycles. The lowest BCUT2D eigenvalue weighted by Crippen LogP contribution is -2.08. The van der Waals surface area contributed by atoms with E-state index in [1.807, 2.05) is 0 Å². The Morgan fingerprint density at radius 3 is 2.52 bits per heavy atom. The lowest BCUT2D eigenvalue weighted by atomic mass is 10.2. The lowest BCUT2D eigenvalue weighted by molar-refractivity contribution is -0.384. The molecule has 0 aliphatic heterocycles. The quantitative estimate of drug-likeness (QED) is 0.292. The van der Waals surface area contributed by atoms with Crippen molar-refractivity contribution in [2.75, 3.05) is 11.9 Å². The number of nitro benzene ring substituents is 1. The molecule has 1 aromatic rings. The summed E-state index contributed by atoms with van der Waals surface area (Å²) < 4.78 is 4.67. The van der Waals surface area contributed by atoms with Gasteiger partial charge in [-0.05, 0) is 6.92 Å². The average molecular weight is 330 g/mol. The zero-order valence-electron chi connectivity index (χ0n) is 10.7. The van der Waals surface area contributed by atoms with E-state index in [1.54, 1.807) is 13.0 Å². The van der Waals surface area contributed by atoms with E-state index in [1.165, 1.54) is 0 Å². The number of halogens is 2.